The van der Waals surface area contributed by atoms with Crippen molar-refractivity contribution < 1.29 is 12.6 Å². The van der Waals surface area contributed by atoms with Crippen LogP contribution in [0.3, 0.4) is 0 Å². The molecule has 2 rings (SSSR count). The fourth-order valence-electron chi connectivity index (χ4n) is 2.41. The van der Waals surface area contributed by atoms with Crippen molar-refractivity contribution in [2.75, 3.05) is 24.7 Å². The maximum atomic E-state index is 12.0. The molecule has 0 aliphatic carbocycles. The summed E-state index contributed by atoms with van der Waals surface area (Å²) < 4.78 is 29.3. The Morgan fingerprint density at radius 3 is 2.29 bits per heavy atom. The fourth-order valence-corrected chi connectivity index (χ4v) is 3.45. The van der Waals surface area contributed by atoms with Crippen molar-refractivity contribution in [2.24, 2.45) is 0 Å². The largest absolute Gasteiger partial charge is 0.382 e. The summed E-state index contributed by atoms with van der Waals surface area (Å²) in [7, 11) is 0.440. The monoisotopic (exact) mass is 347 g/mol. The third-order valence-corrected chi connectivity index (χ3v) is 4.99. The molecule has 0 unspecified atom stereocenters. The Labute approximate surface area is 145 Å². The van der Waals surface area contributed by atoms with Gasteiger partial charge in [0.1, 0.15) is 5.75 Å². The van der Waals surface area contributed by atoms with Gasteiger partial charge in [-0.15, -0.1) is 0 Å². The predicted octanol–water partition coefficient (Wildman–Crippen LogP) is 4.32. The number of hydrogen-bond acceptors (Lipinski definition) is 4. The van der Waals surface area contributed by atoms with Crippen molar-refractivity contribution >= 4 is 15.8 Å². The first-order valence-electron chi connectivity index (χ1n) is 8.21. The third kappa shape index (κ3) is 5.27. The maximum absolute atomic E-state index is 12.0. The van der Waals surface area contributed by atoms with Gasteiger partial charge in [-0.2, -0.15) is 8.42 Å². The predicted molar refractivity (Wildman–Crippen MR) is 100 cm³/mol. The first kappa shape index (κ1) is 18.3. The maximum Gasteiger partial charge on any atom is 0.309 e. The van der Waals surface area contributed by atoms with Crippen LogP contribution in [0, 0.1) is 0 Å². The molecule has 0 radical (unpaired) electrons. The average molecular weight is 347 g/mol. The molecule has 2 aromatic rings. The highest BCUT2D eigenvalue weighted by molar-refractivity contribution is 7.87. The Bertz CT molecular complexity index is 770. The van der Waals surface area contributed by atoms with Crippen LogP contribution in [-0.2, 0) is 10.1 Å². The normalized spacial score (nSPS) is 11.3. The molecule has 24 heavy (non-hydrogen) atoms. The molecule has 2 aromatic carbocycles. The molecule has 5 heteroatoms. The average Bonchev–Trinajstić information content (AvgIpc) is 2.55. The van der Waals surface area contributed by atoms with E-state index >= 15 is 0 Å². The van der Waals surface area contributed by atoms with Gasteiger partial charge in [0.05, 0.1) is 5.75 Å². The van der Waals surface area contributed by atoms with Crippen molar-refractivity contribution in [2.45, 2.75) is 26.2 Å². The van der Waals surface area contributed by atoms with Crippen molar-refractivity contribution in [1.29, 1.82) is 0 Å². The highest BCUT2D eigenvalue weighted by Gasteiger charge is 2.13. The lowest BCUT2D eigenvalue weighted by molar-refractivity contribution is 0.483. The van der Waals surface area contributed by atoms with Crippen LogP contribution in [-0.4, -0.2) is 28.3 Å². The van der Waals surface area contributed by atoms with Gasteiger partial charge in [-0.3, -0.25) is 0 Å². The van der Waals surface area contributed by atoms with Crippen LogP contribution < -0.4 is 9.08 Å². The Kier molecular flexibility index (Phi) is 6.26. The zero-order valence-corrected chi connectivity index (χ0v) is 15.3. The van der Waals surface area contributed by atoms with Gasteiger partial charge in [-0.1, -0.05) is 44.0 Å². The molecule has 0 aromatic heterocycles. The van der Waals surface area contributed by atoms with E-state index in [1.54, 1.807) is 12.1 Å². The third-order valence-electron chi connectivity index (χ3n) is 3.75. The molecule has 0 N–H and O–H groups in total. The quantitative estimate of drug-likeness (QED) is 0.527. The van der Waals surface area contributed by atoms with E-state index in [0.717, 1.165) is 29.7 Å². The summed E-state index contributed by atoms with van der Waals surface area (Å²) in [5.41, 5.74) is 3.04. The van der Waals surface area contributed by atoms with Gasteiger partial charge >= 0.3 is 10.1 Å². The zero-order chi connectivity index (χ0) is 17.6. The first-order chi connectivity index (χ1) is 11.4. The van der Waals surface area contributed by atoms with Crippen LogP contribution >= 0.6 is 0 Å². The van der Waals surface area contributed by atoms with Gasteiger partial charge in [0.2, 0.25) is 0 Å². The van der Waals surface area contributed by atoms with Gasteiger partial charge in [0.25, 0.3) is 0 Å². The lowest BCUT2D eigenvalue weighted by atomic mass is 10.0. The molecule has 0 fully saturated rings. The van der Waals surface area contributed by atoms with E-state index in [9.17, 15) is 8.42 Å². The molecule has 0 saturated heterocycles. The summed E-state index contributed by atoms with van der Waals surface area (Å²) >= 11 is 0. The minimum absolute atomic E-state index is 0.0567. The van der Waals surface area contributed by atoms with Crippen LogP contribution in [0.2, 0.25) is 0 Å². The summed E-state index contributed by atoms with van der Waals surface area (Å²) in [6.45, 7) is 2.04. The summed E-state index contributed by atoms with van der Waals surface area (Å²) in [6, 6.07) is 15.3. The highest BCUT2D eigenvalue weighted by Crippen LogP contribution is 2.27. The Morgan fingerprint density at radius 2 is 1.62 bits per heavy atom. The molecular weight excluding hydrogens is 322 g/mol. The second-order valence-electron chi connectivity index (χ2n) is 6.02. The van der Waals surface area contributed by atoms with E-state index in [1.807, 2.05) is 56.3 Å². The van der Waals surface area contributed by atoms with Crippen LogP contribution in [0.15, 0.2) is 48.5 Å². The van der Waals surface area contributed by atoms with E-state index in [0.29, 0.717) is 12.2 Å². The molecule has 0 atom stereocenters. The van der Waals surface area contributed by atoms with Crippen LogP contribution in [0.5, 0.6) is 5.75 Å². The molecule has 0 amide bonds. The number of hydrogen-bond donors (Lipinski definition) is 0. The molecule has 0 heterocycles. The van der Waals surface area contributed by atoms with Gasteiger partial charge < -0.3 is 9.08 Å². The van der Waals surface area contributed by atoms with Crippen LogP contribution in [0.1, 0.15) is 26.2 Å². The van der Waals surface area contributed by atoms with Crippen LogP contribution in [0.4, 0.5) is 5.69 Å². The number of anilines is 1. The van der Waals surface area contributed by atoms with E-state index in [4.69, 9.17) is 4.18 Å². The lowest BCUT2D eigenvalue weighted by Gasteiger charge is -2.14. The highest BCUT2D eigenvalue weighted by atomic mass is 32.2. The number of rotatable bonds is 8. The van der Waals surface area contributed by atoms with Gasteiger partial charge in [-0.25, -0.2) is 0 Å². The minimum Gasteiger partial charge on any atom is -0.382 e. The second-order valence-corrected chi connectivity index (χ2v) is 7.72. The smallest absolute Gasteiger partial charge is 0.309 e. The fraction of sp³-hybridized carbons (Fsp3) is 0.368. The molecule has 0 bridgehead atoms. The molecule has 0 aliphatic heterocycles. The summed E-state index contributed by atoms with van der Waals surface area (Å²) in [5.74, 6) is 0.417. The summed E-state index contributed by atoms with van der Waals surface area (Å²) in [4.78, 5) is 2.03. The topological polar surface area (TPSA) is 46.6 Å². The standard InChI is InChI=1S/C19H25NO3S/c1-4-5-6-13-24(21,22)23-19-12-8-10-17(15-19)16-9-7-11-18(14-16)20(2)3/h7-12,14-15H,4-6,13H2,1-3H3. The molecular formula is C19H25NO3S. The zero-order valence-electron chi connectivity index (χ0n) is 14.5. The van der Waals surface area contributed by atoms with Crippen molar-refractivity contribution in [1.82, 2.24) is 0 Å². The van der Waals surface area contributed by atoms with Crippen molar-refractivity contribution in [3.8, 4) is 16.9 Å². The number of unbranched alkanes of at least 4 members (excludes halogenated alkanes) is 2. The Morgan fingerprint density at radius 1 is 0.958 bits per heavy atom. The first-order valence-corrected chi connectivity index (χ1v) is 9.79. The number of benzene rings is 2. The molecule has 0 aliphatic rings. The van der Waals surface area contributed by atoms with Gasteiger partial charge in [0, 0.05) is 19.8 Å². The second kappa shape index (κ2) is 8.20. The Balaban J connectivity index is 2.18. The van der Waals surface area contributed by atoms with Gasteiger partial charge in [0.15, 0.2) is 0 Å². The van der Waals surface area contributed by atoms with Crippen molar-refractivity contribution in [3.05, 3.63) is 48.5 Å². The molecule has 0 saturated carbocycles. The van der Waals surface area contributed by atoms with Crippen molar-refractivity contribution in [3.63, 3.8) is 0 Å². The molecule has 0 spiro atoms. The Hall–Kier alpha value is -2.01. The molecule has 4 nitrogen and oxygen atoms in total. The van der Waals surface area contributed by atoms with E-state index in [2.05, 4.69) is 6.07 Å². The van der Waals surface area contributed by atoms with E-state index in [1.165, 1.54) is 0 Å². The lowest BCUT2D eigenvalue weighted by Crippen LogP contribution is -2.13. The van der Waals surface area contributed by atoms with E-state index < -0.39 is 10.1 Å². The summed E-state index contributed by atoms with van der Waals surface area (Å²) in [5, 5.41) is 0. The van der Waals surface area contributed by atoms with E-state index in [-0.39, 0.29) is 5.75 Å². The van der Waals surface area contributed by atoms with Crippen LogP contribution in [0.25, 0.3) is 11.1 Å². The minimum atomic E-state index is -3.54. The number of nitrogens with zero attached hydrogens (tertiary/aromatic N) is 1. The van der Waals surface area contributed by atoms with Gasteiger partial charge in [-0.05, 0) is 41.8 Å². The summed E-state index contributed by atoms with van der Waals surface area (Å²) in [6.07, 6.45) is 2.50. The molecule has 130 valence electrons. The SMILES string of the molecule is CCCCCS(=O)(=O)Oc1cccc(-c2cccc(N(C)C)c2)c1.